The minimum Gasteiger partial charge on any atom is -0.341 e. The molecule has 0 bridgehead atoms. The van der Waals surface area contributed by atoms with Crippen LogP contribution in [0.1, 0.15) is 18.7 Å². The number of hydrogen-bond acceptors (Lipinski definition) is 3. The largest absolute Gasteiger partial charge is 0.341 e. The number of aromatic amines is 1. The number of likely N-dealkylation sites (tertiary alicyclic amines) is 1. The zero-order chi connectivity index (χ0) is 15.4. The molecule has 5 heteroatoms. The number of benzene rings is 1. The van der Waals surface area contributed by atoms with Gasteiger partial charge < -0.3 is 15.2 Å². The Morgan fingerprint density at radius 3 is 2.95 bits per heavy atom. The third kappa shape index (κ3) is 4.18. The van der Waals surface area contributed by atoms with Gasteiger partial charge in [0.15, 0.2) is 0 Å². The van der Waals surface area contributed by atoms with E-state index in [2.05, 4.69) is 55.3 Å². The minimum atomic E-state index is 0.802. The van der Waals surface area contributed by atoms with Crippen molar-refractivity contribution in [3.63, 3.8) is 0 Å². The van der Waals surface area contributed by atoms with Gasteiger partial charge >= 0.3 is 0 Å². The van der Waals surface area contributed by atoms with E-state index in [1.807, 2.05) is 18.3 Å². The summed E-state index contributed by atoms with van der Waals surface area (Å²) in [6, 6.07) is 8.26. The third-order valence-electron chi connectivity index (χ3n) is 4.33. The molecule has 1 aromatic heterocycles. The number of imidazole rings is 1. The topological polar surface area (TPSA) is 44.0 Å². The molecule has 118 valence electrons. The molecule has 2 aromatic rings. The second-order valence-corrected chi connectivity index (χ2v) is 7.05. The predicted molar refractivity (Wildman–Crippen MR) is 93.7 cm³/mol. The molecule has 1 fully saturated rings. The van der Waals surface area contributed by atoms with Gasteiger partial charge in [-0.25, -0.2) is 4.98 Å². The Bertz CT molecular complexity index is 602. The summed E-state index contributed by atoms with van der Waals surface area (Å²) in [4.78, 5) is 10.3. The number of piperidine rings is 1. The van der Waals surface area contributed by atoms with Crippen LogP contribution in [0.25, 0.3) is 11.3 Å². The number of H-pyrrole nitrogens is 1. The van der Waals surface area contributed by atoms with Crippen LogP contribution < -0.4 is 5.32 Å². The smallest absolute Gasteiger partial charge is 0.120 e. The van der Waals surface area contributed by atoms with Crippen LogP contribution in [0, 0.1) is 5.92 Å². The molecule has 0 unspecified atom stereocenters. The molecule has 0 amide bonds. The summed E-state index contributed by atoms with van der Waals surface area (Å²) in [5.74, 6) is 1.80. The average Bonchev–Trinajstić information content (AvgIpc) is 2.98. The summed E-state index contributed by atoms with van der Waals surface area (Å²) in [7, 11) is 2.20. The average molecular weight is 363 g/mol. The van der Waals surface area contributed by atoms with Gasteiger partial charge in [0.25, 0.3) is 0 Å². The fourth-order valence-corrected chi connectivity index (χ4v) is 3.32. The first-order valence-corrected chi connectivity index (χ1v) is 8.69. The highest BCUT2D eigenvalue weighted by Crippen LogP contribution is 2.21. The van der Waals surface area contributed by atoms with E-state index in [9.17, 15) is 0 Å². The van der Waals surface area contributed by atoms with Crippen molar-refractivity contribution in [3.8, 4) is 11.3 Å². The van der Waals surface area contributed by atoms with Gasteiger partial charge in [0.2, 0.25) is 0 Å². The first kappa shape index (κ1) is 15.7. The summed E-state index contributed by atoms with van der Waals surface area (Å²) in [5, 5.41) is 3.54. The van der Waals surface area contributed by atoms with Gasteiger partial charge in [0.05, 0.1) is 18.4 Å². The van der Waals surface area contributed by atoms with Crippen molar-refractivity contribution >= 4 is 15.9 Å². The first-order valence-electron chi connectivity index (χ1n) is 7.90. The second kappa shape index (κ2) is 7.40. The summed E-state index contributed by atoms with van der Waals surface area (Å²) in [6.45, 7) is 4.33. The van der Waals surface area contributed by atoms with Gasteiger partial charge in [0.1, 0.15) is 5.82 Å². The molecule has 1 aliphatic heterocycles. The zero-order valence-electron chi connectivity index (χ0n) is 13.0. The number of nitrogens with zero attached hydrogens (tertiary/aromatic N) is 2. The Balaban J connectivity index is 1.50. The lowest BCUT2D eigenvalue weighted by Gasteiger charge is -2.28. The molecule has 0 spiro atoms. The highest BCUT2D eigenvalue weighted by Gasteiger charge is 2.16. The molecular formula is C17H23BrN4. The van der Waals surface area contributed by atoms with E-state index in [0.717, 1.165) is 40.6 Å². The van der Waals surface area contributed by atoms with E-state index in [0.29, 0.717) is 0 Å². The van der Waals surface area contributed by atoms with Crippen molar-refractivity contribution in [1.29, 1.82) is 0 Å². The van der Waals surface area contributed by atoms with E-state index < -0.39 is 0 Å². The van der Waals surface area contributed by atoms with Crippen LogP contribution in [-0.2, 0) is 6.54 Å². The van der Waals surface area contributed by atoms with Crippen molar-refractivity contribution in [3.05, 3.63) is 40.8 Å². The fraction of sp³-hybridized carbons (Fsp3) is 0.471. The Morgan fingerprint density at radius 1 is 1.36 bits per heavy atom. The number of nitrogens with one attached hydrogen (secondary N) is 2. The molecule has 0 aliphatic carbocycles. The minimum absolute atomic E-state index is 0.802. The Hall–Kier alpha value is -1.17. The number of halogens is 1. The highest BCUT2D eigenvalue weighted by molar-refractivity contribution is 9.10. The standard InChI is InChI=1S/C17H23BrN4/c1-22-7-5-13(6-8-22)10-19-12-17-20-11-16(21-17)14-3-2-4-15(18)9-14/h2-4,9,11,13,19H,5-8,10,12H2,1H3,(H,20,21). The molecule has 1 saturated heterocycles. The third-order valence-corrected chi connectivity index (χ3v) is 4.82. The lowest BCUT2D eigenvalue weighted by Crippen LogP contribution is -2.34. The van der Waals surface area contributed by atoms with Gasteiger partial charge in [-0.1, -0.05) is 28.1 Å². The van der Waals surface area contributed by atoms with Crippen LogP contribution in [0.4, 0.5) is 0 Å². The molecular weight excluding hydrogens is 340 g/mol. The molecule has 3 rings (SSSR count). The van der Waals surface area contributed by atoms with Crippen molar-refractivity contribution in [2.24, 2.45) is 5.92 Å². The van der Waals surface area contributed by atoms with Crippen LogP contribution in [-0.4, -0.2) is 41.5 Å². The van der Waals surface area contributed by atoms with Crippen LogP contribution in [0.5, 0.6) is 0 Å². The zero-order valence-corrected chi connectivity index (χ0v) is 14.6. The highest BCUT2D eigenvalue weighted by atomic mass is 79.9. The quantitative estimate of drug-likeness (QED) is 0.857. The normalized spacial score (nSPS) is 17.0. The molecule has 0 saturated carbocycles. The van der Waals surface area contributed by atoms with Crippen LogP contribution in [0.2, 0.25) is 0 Å². The van der Waals surface area contributed by atoms with Gasteiger partial charge in [-0.3, -0.25) is 0 Å². The molecule has 2 heterocycles. The monoisotopic (exact) mass is 362 g/mol. The van der Waals surface area contributed by atoms with E-state index in [-0.39, 0.29) is 0 Å². The maximum absolute atomic E-state index is 4.48. The van der Waals surface area contributed by atoms with Crippen LogP contribution >= 0.6 is 15.9 Å². The number of rotatable bonds is 5. The predicted octanol–water partition coefficient (Wildman–Crippen LogP) is 3.27. The van der Waals surface area contributed by atoms with E-state index >= 15 is 0 Å². The van der Waals surface area contributed by atoms with Gasteiger partial charge in [-0.2, -0.15) is 0 Å². The summed E-state index contributed by atoms with van der Waals surface area (Å²) in [5.41, 5.74) is 2.22. The molecule has 0 atom stereocenters. The van der Waals surface area contributed by atoms with Crippen molar-refractivity contribution < 1.29 is 0 Å². The fourth-order valence-electron chi connectivity index (χ4n) is 2.92. The molecule has 1 aromatic carbocycles. The molecule has 1 aliphatic rings. The van der Waals surface area contributed by atoms with Gasteiger partial charge in [-0.05, 0) is 57.6 Å². The maximum Gasteiger partial charge on any atom is 0.120 e. The molecule has 2 N–H and O–H groups in total. The second-order valence-electron chi connectivity index (χ2n) is 6.13. The molecule has 22 heavy (non-hydrogen) atoms. The summed E-state index contributed by atoms with van der Waals surface area (Å²) < 4.78 is 1.08. The van der Waals surface area contributed by atoms with Gasteiger partial charge in [-0.15, -0.1) is 0 Å². The van der Waals surface area contributed by atoms with E-state index in [4.69, 9.17) is 0 Å². The van der Waals surface area contributed by atoms with E-state index in [1.165, 1.54) is 25.9 Å². The van der Waals surface area contributed by atoms with Gasteiger partial charge in [0, 0.05) is 10.0 Å². The first-order chi connectivity index (χ1) is 10.7. The van der Waals surface area contributed by atoms with Crippen LogP contribution in [0.3, 0.4) is 0 Å². The van der Waals surface area contributed by atoms with Crippen molar-refractivity contribution in [1.82, 2.24) is 20.2 Å². The summed E-state index contributed by atoms with van der Waals surface area (Å²) in [6.07, 6.45) is 4.50. The Morgan fingerprint density at radius 2 is 2.18 bits per heavy atom. The Labute approximate surface area is 140 Å². The summed E-state index contributed by atoms with van der Waals surface area (Å²) >= 11 is 3.51. The Kier molecular flexibility index (Phi) is 5.28. The number of hydrogen-bond donors (Lipinski definition) is 2. The van der Waals surface area contributed by atoms with Crippen molar-refractivity contribution in [2.45, 2.75) is 19.4 Å². The lowest BCUT2D eigenvalue weighted by atomic mass is 9.97. The van der Waals surface area contributed by atoms with E-state index in [1.54, 1.807) is 0 Å². The number of aromatic nitrogens is 2. The lowest BCUT2D eigenvalue weighted by molar-refractivity contribution is 0.215. The van der Waals surface area contributed by atoms with Crippen molar-refractivity contribution in [2.75, 3.05) is 26.7 Å². The molecule has 0 radical (unpaired) electrons. The SMILES string of the molecule is CN1CCC(CNCc2ncc(-c3cccc(Br)c3)[nH]2)CC1. The molecule has 4 nitrogen and oxygen atoms in total. The maximum atomic E-state index is 4.48. The van der Waals surface area contributed by atoms with Crippen LogP contribution in [0.15, 0.2) is 34.9 Å².